The molecule has 0 amide bonds. The van der Waals surface area contributed by atoms with Crippen molar-refractivity contribution in [3.05, 3.63) is 23.4 Å². The van der Waals surface area contributed by atoms with Crippen LogP contribution in [0.3, 0.4) is 0 Å². The maximum absolute atomic E-state index is 11.1. The normalized spacial score (nSPS) is 20.2. The summed E-state index contributed by atoms with van der Waals surface area (Å²) in [5, 5.41) is 12.5. The fourth-order valence-electron chi connectivity index (χ4n) is 2.46. The summed E-state index contributed by atoms with van der Waals surface area (Å²) in [4.78, 5) is 17.8. The lowest BCUT2D eigenvalue weighted by atomic mass is 10.1. The van der Waals surface area contributed by atoms with Crippen LogP contribution in [0.2, 0.25) is 0 Å². The molecule has 0 saturated carbocycles. The Labute approximate surface area is 113 Å². The quantitative estimate of drug-likeness (QED) is 0.868. The predicted molar refractivity (Wildman–Crippen MR) is 74.7 cm³/mol. The molecular formula is C14H21N3O2. The van der Waals surface area contributed by atoms with Crippen LogP contribution in [0.5, 0.6) is 0 Å². The zero-order valence-corrected chi connectivity index (χ0v) is 11.5. The Hall–Kier alpha value is -1.62. The predicted octanol–water partition coefficient (Wildman–Crippen LogP) is 1.85. The molecule has 0 bridgehead atoms. The minimum absolute atomic E-state index is 0.304. The van der Waals surface area contributed by atoms with E-state index in [1.807, 2.05) is 6.92 Å². The molecule has 2 N–H and O–H groups in total. The third-order valence-electron chi connectivity index (χ3n) is 3.46. The summed E-state index contributed by atoms with van der Waals surface area (Å²) in [7, 11) is 2.10. The third kappa shape index (κ3) is 3.67. The summed E-state index contributed by atoms with van der Waals surface area (Å²) in [6.45, 7) is 4.08. The van der Waals surface area contributed by atoms with Gasteiger partial charge in [0.25, 0.3) is 0 Å². The number of carboxylic acid groups (broad SMARTS) is 1. The maximum Gasteiger partial charge on any atom is 0.335 e. The Balaban J connectivity index is 2.14. The fraction of sp³-hybridized carbons (Fsp3) is 0.571. The van der Waals surface area contributed by atoms with Crippen molar-refractivity contribution in [3.63, 3.8) is 0 Å². The first kappa shape index (κ1) is 13.8. The second kappa shape index (κ2) is 6.02. The molecular weight excluding hydrogens is 242 g/mol. The summed E-state index contributed by atoms with van der Waals surface area (Å²) >= 11 is 0. The van der Waals surface area contributed by atoms with Gasteiger partial charge in [-0.05, 0) is 45.0 Å². The van der Waals surface area contributed by atoms with Gasteiger partial charge in [0.05, 0.1) is 5.56 Å². The smallest absolute Gasteiger partial charge is 0.335 e. The first-order valence-corrected chi connectivity index (χ1v) is 6.78. The van der Waals surface area contributed by atoms with Crippen LogP contribution >= 0.6 is 0 Å². The van der Waals surface area contributed by atoms with Gasteiger partial charge in [-0.1, -0.05) is 6.92 Å². The first-order valence-electron chi connectivity index (χ1n) is 6.78. The Kier molecular flexibility index (Phi) is 4.37. The van der Waals surface area contributed by atoms with Gasteiger partial charge in [0.2, 0.25) is 0 Å². The van der Waals surface area contributed by atoms with Gasteiger partial charge < -0.3 is 15.3 Å². The number of piperidine rings is 1. The molecule has 1 saturated heterocycles. The van der Waals surface area contributed by atoms with Gasteiger partial charge in [-0.15, -0.1) is 0 Å². The minimum atomic E-state index is -0.902. The van der Waals surface area contributed by atoms with E-state index >= 15 is 0 Å². The number of pyridine rings is 1. The summed E-state index contributed by atoms with van der Waals surface area (Å²) in [6, 6.07) is 3.61. The number of nitrogens with zero attached hydrogens (tertiary/aromatic N) is 2. The largest absolute Gasteiger partial charge is 0.478 e. The number of anilines is 1. The van der Waals surface area contributed by atoms with E-state index in [0.29, 0.717) is 17.4 Å². The highest BCUT2D eigenvalue weighted by molar-refractivity contribution is 5.88. The summed E-state index contributed by atoms with van der Waals surface area (Å²) in [5.41, 5.74) is 1.12. The molecule has 0 aliphatic carbocycles. The molecule has 2 heterocycles. The summed E-state index contributed by atoms with van der Waals surface area (Å²) < 4.78 is 0. The number of nitrogens with one attached hydrogen (secondary N) is 1. The van der Waals surface area contributed by atoms with E-state index in [-0.39, 0.29) is 0 Å². The van der Waals surface area contributed by atoms with Gasteiger partial charge in [0.15, 0.2) is 0 Å². The van der Waals surface area contributed by atoms with Crippen molar-refractivity contribution in [1.82, 2.24) is 9.88 Å². The van der Waals surface area contributed by atoms with Crippen LogP contribution in [0.15, 0.2) is 12.1 Å². The molecule has 1 atom stereocenters. The van der Waals surface area contributed by atoms with Crippen molar-refractivity contribution >= 4 is 11.8 Å². The van der Waals surface area contributed by atoms with Gasteiger partial charge in [-0.2, -0.15) is 0 Å². The number of aryl methyl sites for hydroxylation is 1. The average molecular weight is 263 g/mol. The molecule has 0 radical (unpaired) electrons. The number of rotatable bonds is 4. The molecule has 0 spiro atoms. The van der Waals surface area contributed by atoms with Crippen molar-refractivity contribution < 1.29 is 9.90 Å². The van der Waals surface area contributed by atoms with Crippen LogP contribution in [-0.2, 0) is 6.42 Å². The molecule has 2 rings (SSSR count). The summed E-state index contributed by atoms with van der Waals surface area (Å²) in [6.07, 6.45) is 3.00. The lowest BCUT2D eigenvalue weighted by molar-refractivity contribution is 0.0696. The molecule has 1 fully saturated rings. The monoisotopic (exact) mass is 263 g/mol. The topological polar surface area (TPSA) is 65.5 Å². The highest BCUT2D eigenvalue weighted by atomic mass is 16.4. The maximum atomic E-state index is 11.1. The number of hydrogen-bond acceptors (Lipinski definition) is 4. The van der Waals surface area contributed by atoms with E-state index in [4.69, 9.17) is 5.11 Å². The number of aromatic carboxylic acids is 1. The molecule has 0 aromatic carbocycles. The number of likely N-dealkylation sites (N-methyl/N-ethyl adjacent to an activating group) is 1. The second-order valence-electron chi connectivity index (χ2n) is 5.14. The Morgan fingerprint density at radius 1 is 1.58 bits per heavy atom. The standard InChI is InChI=1S/C14H21N3O2/c1-3-11-7-10(14(18)19)8-13(15-11)16-12-5-4-6-17(2)9-12/h7-8,12H,3-6,9H2,1-2H3,(H,15,16)(H,18,19). The fourth-order valence-corrected chi connectivity index (χ4v) is 2.46. The van der Waals surface area contributed by atoms with E-state index in [0.717, 1.165) is 38.0 Å². The zero-order chi connectivity index (χ0) is 13.8. The molecule has 104 valence electrons. The van der Waals surface area contributed by atoms with E-state index < -0.39 is 5.97 Å². The van der Waals surface area contributed by atoms with E-state index in [9.17, 15) is 4.79 Å². The summed E-state index contributed by atoms with van der Waals surface area (Å²) in [5.74, 6) is -0.224. The van der Waals surface area contributed by atoms with Gasteiger partial charge in [-0.25, -0.2) is 9.78 Å². The Bertz CT molecular complexity index is 462. The molecule has 1 unspecified atom stereocenters. The van der Waals surface area contributed by atoms with Gasteiger partial charge in [0.1, 0.15) is 5.82 Å². The van der Waals surface area contributed by atoms with Crippen molar-refractivity contribution in [1.29, 1.82) is 0 Å². The van der Waals surface area contributed by atoms with Crippen molar-refractivity contribution in [3.8, 4) is 0 Å². The number of carboxylic acids is 1. The van der Waals surface area contributed by atoms with Crippen molar-refractivity contribution in [2.24, 2.45) is 0 Å². The zero-order valence-electron chi connectivity index (χ0n) is 11.5. The van der Waals surface area contributed by atoms with Crippen molar-refractivity contribution in [2.75, 3.05) is 25.5 Å². The van der Waals surface area contributed by atoms with Crippen molar-refractivity contribution in [2.45, 2.75) is 32.2 Å². The average Bonchev–Trinajstić information content (AvgIpc) is 2.38. The molecule has 5 nitrogen and oxygen atoms in total. The van der Waals surface area contributed by atoms with Crippen LogP contribution in [-0.4, -0.2) is 47.1 Å². The second-order valence-corrected chi connectivity index (χ2v) is 5.14. The highest BCUT2D eigenvalue weighted by Gasteiger charge is 2.18. The number of carbonyl (C=O) groups is 1. The van der Waals surface area contributed by atoms with Gasteiger partial charge in [-0.3, -0.25) is 0 Å². The van der Waals surface area contributed by atoms with Gasteiger partial charge in [0, 0.05) is 18.3 Å². The van der Waals surface area contributed by atoms with E-state index in [1.165, 1.54) is 0 Å². The highest BCUT2D eigenvalue weighted by Crippen LogP contribution is 2.16. The number of aromatic nitrogens is 1. The number of hydrogen-bond donors (Lipinski definition) is 2. The third-order valence-corrected chi connectivity index (χ3v) is 3.46. The number of likely N-dealkylation sites (tertiary alicyclic amines) is 1. The van der Waals surface area contributed by atoms with Gasteiger partial charge >= 0.3 is 5.97 Å². The molecule has 19 heavy (non-hydrogen) atoms. The molecule has 1 aliphatic rings. The SMILES string of the molecule is CCc1cc(C(=O)O)cc(NC2CCCN(C)C2)n1. The first-order chi connectivity index (χ1) is 9.08. The van der Waals surface area contributed by atoms with Crippen LogP contribution in [0.1, 0.15) is 35.8 Å². The molecule has 1 aliphatic heterocycles. The molecule has 5 heteroatoms. The lowest BCUT2D eigenvalue weighted by Gasteiger charge is -2.30. The van der Waals surface area contributed by atoms with Crippen LogP contribution < -0.4 is 5.32 Å². The van der Waals surface area contributed by atoms with Crippen LogP contribution in [0.4, 0.5) is 5.82 Å². The lowest BCUT2D eigenvalue weighted by Crippen LogP contribution is -2.39. The van der Waals surface area contributed by atoms with Crippen LogP contribution in [0.25, 0.3) is 0 Å². The Morgan fingerprint density at radius 2 is 2.37 bits per heavy atom. The van der Waals surface area contributed by atoms with E-state index in [2.05, 4.69) is 22.2 Å². The molecule has 1 aromatic rings. The Morgan fingerprint density at radius 3 is 3.00 bits per heavy atom. The minimum Gasteiger partial charge on any atom is -0.478 e. The van der Waals surface area contributed by atoms with Crippen LogP contribution in [0, 0.1) is 0 Å². The van der Waals surface area contributed by atoms with E-state index in [1.54, 1.807) is 12.1 Å². The molecule has 1 aromatic heterocycles.